The van der Waals surface area contributed by atoms with Crippen LogP contribution in [-0.4, -0.2) is 42.0 Å². The van der Waals surface area contributed by atoms with Crippen molar-refractivity contribution in [2.24, 2.45) is 0 Å². The van der Waals surface area contributed by atoms with Gasteiger partial charge in [-0.25, -0.2) is 0 Å². The van der Waals surface area contributed by atoms with Crippen molar-refractivity contribution >= 4 is 35.5 Å². The summed E-state index contributed by atoms with van der Waals surface area (Å²) in [5.41, 5.74) is 0. The van der Waals surface area contributed by atoms with Gasteiger partial charge in [-0.3, -0.25) is 4.79 Å². The van der Waals surface area contributed by atoms with E-state index in [1.807, 2.05) is 0 Å². The number of unbranched alkanes of at least 4 members (excludes halogenated alkanes) is 9. The summed E-state index contributed by atoms with van der Waals surface area (Å²) in [5.74, 6) is 0.0934. The number of carbonyl (C=O) groups excluding carboxylic acids is 1. The van der Waals surface area contributed by atoms with Crippen LogP contribution in [0, 0.1) is 0 Å². The number of rotatable bonds is 11. The van der Waals surface area contributed by atoms with Gasteiger partial charge in [-0.05, 0) is 6.42 Å². The second-order valence-electron chi connectivity index (χ2n) is 4.66. The van der Waals surface area contributed by atoms with Crippen molar-refractivity contribution in [2.45, 2.75) is 78.1 Å². The minimum atomic E-state index is 0. The maximum atomic E-state index is 10.6. The third kappa shape index (κ3) is 19.0. The first-order valence-electron chi connectivity index (χ1n) is 7.01. The summed E-state index contributed by atoms with van der Waals surface area (Å²) in [7, 11) is 0. The van der Waals surface area contributed by atoms with Crippen molar-refractivity contribution < 1.29 is 4.79 Å². The number of carbonyl (C=O) groups is 1. The second-order valence-corrected chi connectivity index (χ2v) is 4.66. The zero-order valence-corrected chi connectivity index (χ0v) is 11.2. The molecule has 98 valence electrons. The number of hydrogen-bond donors (Lipinski definition) is 1. The first kappa shape index (κ1) is 19.8. The van der Waals surface area contributed by atoms with Crippen LogP contribution in [0.4, 0.5) is 0 Å². The first-order chi connectivity index (χ1) is 7.77. The molecule has 0 aliphatic rings. The Balaban J connectivity index is 0. The van der Waals surface area contributed by atoms with Gasteiger partial charge >= 0.3 is 29.6 Å². The van der Waals surface area contributed by atoms with Crippen LogP contribution in [0.25, 0.3) is 0 Å². The molecule has 0 atom stereocenters. The van der Waals surface area contributed by atoms with Gasteiger partial charge < -0.3 is 5.32 Å². The van der Waals surface area contributed by atoms with Gasteiger partial charge in [0.25, 0.3) is 0 Å². The van der Waals surface area contributed by atoms with Crippen LogP contribution < -0.4 is 5.32 Å². The molecule has 2 nitrogen and oxygen atoms in total. The molecule has 0 unspecified atom stereocenters. The molecular weight excluding hydrogens is 221 g/mol. The molecule has 0 spiro atoms. The Kier molecular flexibility index (Phi) is 19.2. The monoisotopic (exact) mass is 251 g/mol. The van der Waals surface area contributed by atoms with E-state index < -0.39 is 0 Å². The summed E-state index contributed by atoms with van der Waals surface area (Å²) in [4.78, 5) is 10.6. The molecule has 0 aromatic rings. The fourth-order valence-electron chi connectivity index (χ4n) is 1.88. The van der Waals surface area contributed by atoms with Gasteiger partial charge in [0.1, 0.15) is 0 Å². The summed E-state index contributed by atoms with van der Waals surface area (Å²) < 4.78 is 0. The van der Waals surface area contributed by atoms with Crippen LogP contribution >= 0.6 is 0 Å². The van der Waals surface area contributed by atoms with Gasteiger partial charge in [-0.2, -0.15) is 0 Å². The Morgan fingerprint density at radius 1 is 0.824 bits per heavy atom. The molecule has 0 bridgehead atoms. The molecule has 3 heteroatoms. The van der Waals surface area contributed by atoms with Gasteiger partial charge in [-0.1, -0.05) is 64.7 Å². The molecule has 0 saturated heterocycles. The van der Waals surface area contributed by atoms with Crippen LogP contribution in [-0.2, 0) is 4.79 Å². The van der Waals surface area contributed by atoms with E-state index in [4.69, 9.17) is 0 Å². The molecular formula is C14H30NNaO. The van der Waals surface area contributed by atoms with Gasteiger partial charge in [0.15, 0.2) is 0 Å². The van der Waals surface area contributed by atoms with E-state index in [-0.39, 0.29) is 35.5 Å². The molecule has 0 aromatic heterocycles. The van der Waals surface area contributed by atoms with Gasteiger partial charge in [0.05, 0.1) is 0 Å². The number of amides is 1. The Bertz CT molecular complexity index is 162. The summed E-state index contributed by atoms with van der Waals surface area (Å²) in [6.45, 7) is 4.69. The SMILES string of the molecule is CCCCCCCCCCCCNC(C)=O.[NaH]. The fraction of sp³-hybridized carbons (Fsp3) is 0.929. The van der Waals surface area contributed by atoms with Crippen LogP contribution in [0.2, 0.25) is 0 Å². The second kappa shape index (κ2) is 16.5. The van der Waals surface area contributed by atoms with Crippen molar-refractivity contribution in [3.05, 3.63) is 0 Å². The molecule has 0 heterocycles. The van der Waals surface area contributed by atoms with E-state index >= 15 is 0 Å². The van der Waals surface area contributed by atoms with Crippen molar-refractivity contribution in [3.8, 4) is 0 Å². The van der Waals surface area contributed by atoms with Crippen LogP contribution in [0.15, 0.2) is 0 Å². The summed E-state index contributed by atoms with van der Waals surface area (Å²) in [6.07, 6.45) is 13.5. The molecule has 1 amide bonds. The Morgan fingerprint density at radius 2 is 1.24 bits per heavy atom. The predicted octanol–water partition coefficient (Wildman–Crippen LogP) is 3.39. The van der Waals surface area contributed by atoms with E-state index in [1.54, 1.807) is 6.92 Å². The van der Waals surface area contributed by atoms with Crippen molar-refractivity contribution in [2.75, 3.05) is 6.54 Å². The molecule has 17 heavy (non-hydrogen) atoms. The van der Waals surface area contributed by atoms with E-state index in [0.717, 1.165) is 13.0 Å². The first-order valence-corrected chi connectivity index (χ1v) is 7.01. The molecule has 0 fully saturated rings. The van der Waals surface area contributed by atoms with Gasteiger partial charge in [0.2, 0.25) is 5.91 Å². The minimum absolute atomic E-state index is 0. The maximum absolute atomic E-state index is 10.6. The molecule has 0 aliphatic carbocycles. The molecule has 0 aliphatic heterocycles. The summed E-state index contributed by atoms with van der Waals surface area (Å²) in [6, 6.07) is 0. The van der Waals surface area contributed by atoms with Crippen LogP contribution in [0.5, 0.6) is 0 Å². The molecule has 0 radical (unpaired) electrons. The van der Waals surface area contributed by atoms with Crippen molar-refractivity contribution in [3.63, 3.8) is 0 Å². The van der Waals surface area contributed by atoms with E-state index in [1.165, 1.54) is 57.8 Å². The van der Waals surface area contributed by atoms with Crippen molar-refractivity contribution in [1.82, 2.24) is 5.32 Å². The topological polar surface area (TPSA) is 29.1 Å². The van der Waals surface area contributed by atoms with Gasteiger partial charge in [0, 0.05) is 13.5 Å². The normalized spacial score (nSPS) is 9.76. The summed E-state index contributed by atoms with van der Waals surface area (Å²) in [5, 5.41) is 2.83. The van der Waals surface area contributed by atoms with Gasteiger partial charge in [-0.15, -0.1) is 0 Å². The van der Waals surface area contributed by atoms with Crippen LogP contribution in [0.3, 0.4) is 0 Å². The number of nitrogens with one attached hydrogen (secondary N) is 1. The zero-order valence-electron chi connectivity index (χ0n) is 11.2. The quantitative estimate of drug-likeness (QED) is 0.442. The standard InChI is InChI=1S/C14H29NO.Na.H/c1-3-4-5-6-7-8-9-10-11-12-13-15-14(2)16;;/h3-13H2,1-2H3,(H,15,16);;. The third-order valence-electron chi connectivity index (χ3n) is 2.90. The van der Waals surface area contributed by atoms with E-state index in [9.17, 15) is 4.79 Å². The van der Waals surface area contributed by atoms with E-state index in [2.05, 4.69) is 12.2 Å². The van der Waals surface area contributed by atoms with E-state index in [0.29, 0.717) is 0 Å². The molecule has 0 aromatic carbocycles. The Hall–Kier alpha value is 0.470. The molecule has 0 saturated carbocycles. The summed E-state index contributed by atoms with van der Waals surface area (Å²) >= 11 is 0. The number of hydrogen-bond acceptors (Lipinski definition) is 1. The zero-order chi connectivity index (χ0) is 12.1. The van der Waals surface area contributed by atoms with Crippen molar-refractivity contribution in [1.29, 1.82) is 0 Å². The third-order valence-corrected chi connectivity index (χ3v) is 2.90. The molecule has 1 N–H and O–H groups in total. The molecule has 0 rings (SSSR count). The Morgan fingerprint density at radius 3 is 1.65 bits per heavy atom. The fourth-order valence-corrected chi connectivity index (χ4v) is 1.88. The predicted molar refractivity (Wildman–Crippen MR) is 77.7 cm³/mol. The average molecular weight is 251 g/mol. The van der Waals surface area contributed by atoms with Crippen LogP contribution in [0.1, 0.15) is 78.1 Å². The Labute approximate surface area is 130 Å². The average Bonchev–Trinajstić information content (AvgIpc) is 2.25.